The Morgan fingerprint density at radius 3 is 2.54 bits per heavy atom. The number of hydrogen-bond donors (Lipinski definition) is 3. The van der Waals surface area contributed by atoms with Gasteiger partial charge in [0.25, 0.3) is 0 Å². The summed E-state index contributed by atoms with van der Waals surface area (Å²) in [5.74, 6) is 0.628. The number of nitrogens with zero attached hydrogens (tertiary/aromatic N) is 2. The van der Waals surface area contributed by atoms with Gasteiger partial charge < -0.3 is 10.6 Å². The molecule has 28 heavy (non-hydrogen) atoms. The molecule has 7 nitrogen and oxygen atoms in total. The standard InChI is InChI=1S/C19H29N5O2S2/c1-14(2)24-28(25,26)13-17-8-6-5-7-16(17)11-22-19(20-4)21-10-9-18-12-27-15(3)23-18/h5-8,12,14,24H,9-11,13H2,1-4H3,(H2,20,21,22). The Morgan fingerprint density at radius 1 is 1.21 bits per heavy atom. The second-order valence-electron chi connectivity index (χ2n) is 6.76. The minimum atomic E-state index is -3.37. The van der Waals surface area contributed by atoms with Crippen LogP contribution in [0.25, 0.3) is 0 Å². The van der Waals surface area contributed by atoms with Gasteiger partial charge in [-0.05, 0) is 31.9 Å². The maximum atomic E-state index is 12.3. The maximum absolute atomic E-state index is 12.3. The lowest BCUT2D eigenvalue weighted by Gasteiger charge is -2.15. The van der Waals surface area contributed by atoms with Gasteiger partial charge in [0.05, 0.1) is 16.5 Å². The highest BCUT2D eigenvalue weighted by atomic mass is 32.2. The van der Waals surface area contributed by atoms with Gasteiger partial charge in [0.15, 0.2) is 5.96 Å². The number of sulfonamides is 1. The summed E-state index contributed by atoms with van der Waals surface area (Å²) in [5.41, 5.74) is 2.77. The minimum absolute atomic E-state index is 0.0434. The molecule has 0 unspecified atom stereocenters. The Kier molecular flexibility index (Phi) is 8.40. The molecule has 0 saturated carbocycles. The summed E-state index contributed by atoms with van der Waals surface area (Å²) in [6.07, 6.45) is 0.820. The van der Waals surface area contributed by atoms with E-state index in [0.29, 0.717) is 12.5 Å². The molecule has 0 aliphatic heterocycles. The van der Waals surface area contributed by atoms with Crippen LogP contribution in [0.1, 0.15) is 35.7 Å². The van der Waals surface area contributed by atoms with E-state index in [9.17, 15) is 8.42 Å². The van der Waals surface area contributed by atoms with Gasteiger partial charge in [-0.15, -0.1) is 11.3 Å². The van der Waals surface area contributed by atoms with E-state index in [1.165, 1.54) is 0 Å². The number of aromatic nitrogens is 1. The van der Waals surface area contributed by atoms with Crippen LogP contribution < -0.4 is 15.4 Å². The Labute approximate surface area is 171 Å². The Morgan fingerprint density at radius 2 is 1.93 bits per heavy atom. The first kappa shape index (κ1) is 22.3. The lowest BCUT2D eigenvalue weighted by Crippen LogP contribution is -2.38. The third kappa shape index (κ3) is 7.57. The smallest absolute Gasteiger partial charge is 0.216 e. The van der Waals surface area contributed by atoms with Crippen molar-refractivity contribution < 1.29 is 8.42 Å². The normalized spacial score (nSPS) is 12.4. The van der Waals surface area contributed by atoms with Gasteiger partial charge in [-0.1, -0.05) is 24.3 Å². The average molecular weight is 424 g/mol. The Hall–Kier alpha value is -1.97. The first-order valence-electron chi connectivity index (χ1n) is 9.21. The van der Waals surface area contributed by atoms with Gasteiger partial charge in [0.2, 0.25) is 10.0 Å². The summed E-state index contributed by atoms with van der Waals surface area (Å²) in [7, 11) is -1.66. The lowest BCUT2D eigenvalue weighted by atomic mass is 10.1. The molecule has 0 atom stereocenters. The quantitative estimate of drug-likeness (QED) is 0.424. The molecule has 154 valence electrons. The average Bonchev–Trinajstić information content (AvgIpc) is 3.02. The second-order valence-corrected chi connectivity index (χ2v) is 9.58. The molecule has 0 amide bonds. The number of thiazole rings is 1. The molecule has 2 rings (SSSR count). The van der Waals surface area contributed by atoms with Crippen molar-refractivity contribution in [1.29, 1.82) is 0 Å². The highest BCUT2D eigenvalue weighted by molar-refractivity contribution is 7.88. The van der Waals surface area contributed by atoms with Crippen molar-refractivity contribution in [2.75, 3.05) is 13.6 Å². The van der Waals surface area contributed by atoms with Crippen LogP contribution in [0, 0.1) is 6.92 Å². The van der Waals surface area contributed by atoms with Crippen molar-refractivity contribution >= 4 is 27.3 Å². The topological polar surface area (TPSA) is 95.5 Å². The van der Waals surface area contributed by atoms with Crippen LogP contribution in [0.15, 0.2) is 34.6 Å². The van der Waals surface area contributed by atoms with Gasteiger partial charge in [-0.25, -0.2) is 18.1 Å². The number of nitrogens with one attached hydrogen (secondary N) is 3. The van der Waals surface area contributed by atoms with E-state index in [1.54, 1.807) is 18.4 Å². The van der Waals surface area contributed by atoms with Crippen molar-refractivity contribution in [2.24, 2.45) is 4.99 Å². The molecular formula is C19H29N5O2S2. The number of rotatable bonds is 9. The molecular weight excluding hydrogens is 394 g/mol. The molecule has 0 bridgehead atoms. The van der Waals surface area contributed by atoms with Crippen LogP contribution >= 0.6 is 11.3 Å². The fourth-order valence-corrected chi connectivity index (χ4v) is 4.85. The molecule has 1 heterocycles. The van der Waals surface area contributed by atoms with E-state index in [0.717, 1.165) is 34.8 Å². The number of aryl methyl sites for hydroxylation is 1. The first-order valence-corrected chi connectivity index (χ1v) is 11.7. The lowest BCUT2D eigenvalue weighted by molar-refractivity contribution is 0.568. The minimum Gasteiger partial charge on any atom is -0.356 e. The molecule has 1 aromatic carbocycles. The number of benzene rings is 1. The van der Waals surface area contributed by atoms with Crippen LogP contribution in [0.5, 0.6) is 0 Å². The summed E-state index contributed by atoms with van der Waals surface area (Å²) >= 11 is 1.65. The van der Waals surface area contributed by atoms with E-state index in [-0.39, 0.29) is 11.8 Å². The Balaban J connectivity index is 1.91. The molecule has 0 fully saturated rings. The van der Waals surface area contributed by atoms with Gasteiger partial charge in [0, 0.05) is 38.0 Å². The van der Waals surface area contributed by atoms with Crippen molar-refractivity contribution in [3.8, 4) is 0 Å². The number of aliphatic imine (C=N–C) groups is 1. The van der Waals surface area contributed by atoms with Crippen molar-refractivity contribution in [2.45, 2.75) is 45.5 Å². The third-order valence-electron chi connectivity index (χ3n) is 3.89. The van der Waals surface area contributed by atoms with Crippen LogP contribution in [-0.4, -0.2) is 39.0 Å². The third-order valence-corrected chi connectivity index (χ3v) is 6.23. The van der Waals surface area contributed by atoms with Crippen LogP contribution in [-0.2, 0) is 28.7 Å². The number of guanidine groups is 1. The monoisotopic (exact) mass is 423 g/mol. The molecule has 0 spiro atoms. The van der Waals surface area contributed by atoms with Gasteiger partial charge in [-0.2, -0.15) is 0 Å². The van der Waals surface area contributed by atoms with E-state index in [1.807, 2.05) is 45.0 Å². The van der Waals surface area contributed by atoms with Gasteiger partial charge in [0.1, 0.15) is 0 Å². The van der Waals surface area contributed by atoms with Crippen molar-refractivity contribution in [1.82, 2.24) is 20.3 Å². The van der Waals surface area contributed by atoms with Crippen LogP contribution in [0.3, 0.4) is 0 Å². The SMILES string of the molecule is CN=C(NCCc1csc(C)n1)NCc1ccccc1CS(=O)(=O)NC(C)C. The summed E-state index contributed by atoms with van der Waals surface area (Å²) in [6.45, 7) is 6.83. The molecule has 0 aliphatic carbocycles. The predicted octanol–water partition coefficient (Wildman–Crippen LogP) is 2.19. The summed E-state index contributed by atoms with van der Waals surface area (Å²) in [5, 5.41) is 9.64. The summed E-state index contributed by atoms with van der Waals surface area (Å²) in [4.78, 5) is 8.68. The van der Waals surface area contributed by atoms with E-state index >= 15 is 0 Å². The largest absolute Gasteiger partial charge is 0.356 e. The maximum Gasteiger partial charge on any atom is 0.216 e. The molecule has 3 N–H and O–H groups in total. The molecule has 9 heteroatoms. The zero-order chi connectivity index (χ0) is 20.6. The summed E-state index contributed by atoms with van der Waals surface area (Å²) in [6, 6.07) is 7.41. The number of hydrogen-bond acceptors (Lipinski definition) is 5. The highest BCUT2D eigenvalue weighted by Crippen LogP contribution is 2.12. The zero-order valence-corrected chi connectivity index (χ0v) is 18.5. The molecule has 1 aromatic heterocycles. The van der Waals surface area contributed by atoms with Crippen molar-refractivity contribution in [3.63, 3.8) is 0 Å². The molecule has 2 aromatic rings. The van der Waals surface area contributed by atoms with Gasteiger partial charge in [-0.3, -0.25) is 4.99 Å². The molecule has 0 saturated heterocycles. The van der Waals surface area contributed by atoms with Crippen LogP contribution in [0.2, 0.25) is 0 Å². The fourth-order valence-electron chi connectivity index (χ4n) is 2.71. The highest BCUT2D eigenvalue weighted by Gasteiger charge is 2.15. The van der Waals surface area contributed by atoms with Gasteiger partial charge >= 0.3 is 0 Å². The zero-order valence-electron chi connectivity index (χ0n) is 16.8. The molecule has 0 aliphatic rings. The van der Waals surface area contributed by atoms with Crippen LogP contribution in [0.4, 0.5) is 0 Å². The fraction of sp³-hybridized carbons (Fsp3) is 0.474. The predicted molar refractivity (Wildman–Crippen MR) is 116 cm³/mol. The van der Waals surface area contributed by atoms with E-state index in [4.69, 9.17) is 0 Å². The van der Waals surface area contributed by atoms with Crippen molar-refractivity contribution in [3.05, 3.63) is 51.5 Å². The van der Waals surface area contributed by atoms with E-state index < -0.39 is 10.0 Å². The first-order chi connectivity index (χ1) is 13.3. The Bertz CT molecular complexity index is 891. The second kappa shape index (κ2) is 10.5. The van der Waals surface area contributed by atoms with E-state index in [2.05, 4.69) is 30.7 Å². The summed E-state index contributed by atoms with van der Waals surface area (Å²) < 4.78 is 27.2. The molecule has 0 radical (unpaired) electrons.